The standard InChI is InChI=1S/C13H19NOS/c1-3-15-12-6-4-5-11(7-12)13-14-8-10(2)9-16-13/h4-7,10,13-14H,3,8-9H2,1-2H3. The summed E-state index contributed by atoms with van der Waals surface area (Å²) in [5.74, 6) is 2.98. The highest BCUT2D eigenvalue weighted by atomic mass is 32.2. The second-order valence-electron chi connectivity index (χ2n) is 4.23. The summed E-state index contributed by atoms with van der Waals surface area (Å²) in [6, 6.07) is 8.40. The van der Waals surface area contributed by atoms with Crippen molar-refractivity contribution in [2.45, 2.75) is 19.2 Å². The van der Waals surface area contributed by atoms with E-state index in [0.29, 0.717) is 5.37 Å². The van der Waals surface area contributed by atoms with E-state index in [9.17, 15) is 0 Å². The summed E-state index contributed by atoms with van der Waals surface area (Å²) >= 11 is 1.98. The third-order valence-electron chi connectivity index (χ3n) is 2.67. The zero-order chi connectivity index (χ0) is 11.4. The van der Waals surface area contributed by atoms with E-state index in [0.717, 1.165) is 24.8 Å². The van der Waals surface area contributed by atoms with Crippen LogP contribution in [0.3, 0.4) is 0 Å². The number of thioether (sulfide) groups is 1. The molecule has 1 saturated heterocycles. The van der Waals surface area contributed by atoms with Crippen LogP contribution in [0.5, 0.6) is 5.75 Å². The summed E-state index contributed by atoms with van der Waals surface area (Å²) in [7, 11) is 0. The topological polar surface area (TPSA) is 21.3 Å². The van der Waals surface area contributed by atoms with Crippen LogP contribution in [0.25, 0.3) is 0 Å². The van der Waals surface area contributed by atoms with Crippen LogP contribution in [0, 0.1) is 5.92 Å². The molecule has 0 aromatic heterocycles. The molecule has 1 heterocycles. The van der Waals surface area contributed by atoms with Crippen LogP contribution in [0.2, 0.25) is 0 Å². The smallest absolute Gasteiger partial charge is 0.119 e. The third-order valence-corrected chi connectivity index (χ3v) is 4.20. The van der Waals surface area contributed by atoms with E-state index < -0.39 is 0 Å². The minimum atomic E-state index is 0.427. The molecule has 16 heavy (non-hydrogen) atoms. The molecule has 1 fully saturated rings. The molecule has 0 saturated carbocycles. The van der Waals surface area contributed by atoms with Gasteiger partial charge < -0.3 is 10.1 Å². The van der Waals surface area contributed by atoms with Gasteiger partial charge in [0.05, 0.1) is 12.0 Å². The molecule has 1 aromatic carbocycles. The Morgan fingerprint density at radius 1 is 1.50 bits per heavy atom. The molecular formula is C13H19NOS. The summed E-state index contributed by atoms with van der Waals surface area (Å²) < 4.78 is 5.52. The van der Waals surface area contributed by atoms with Gasteiger partial charge in [0.25, 0.3) is 0 Å². The van der Waals surface area contributed by atoms with E-state index in [-0.39, 0.29) is 0 Å². The van der Waals surface area contributed by atoms with Crippen molar-refractivity contribution in [3.63, 3.8) is 0 Å². The van der Waals surface area contributed by atoms with Crippen molar-refractivity contribution >= 4 is 11.8 Å². The molecule has 1 aliphatic rings. The highest BCUT2D eigenvalue weighted by Crippen LogP contribution is 2.32. The lowest BCUT2D eigenvalue weighted by atomic mass is 10.1. The maximum Gasteiger partial charge on any atom is 0.119 e. The average Bonchev–Trinajstić information content (AvgIpc) is 2.31. The Hall–Kier alpha value is -0.670. The second-order valence-corrected chi connectivity index (χ2v) is 5.37. The summed E-state index contributed by atoms with van der Waals surface area (Å²) in [6.07, 6.45) is 0. The van der Waals surface area contributed by atoms with Gasteiger partial charge in [-0.25, -0.2) is 0 Å². The summed E-state index contributed by atoms with van der Waals surface area (Å²) in [5, 5.41) is 3.99. The van der Waals surface area contributed by atoms with Gasteiger partial charge in [0.2, 0.25) is 0 Å². The van der Waals surface area contributed by atoms with Crippen LogP contribution in [-0.2, 0) is 0 Å². The van der Waals surface area contributed by atoms with Gasteiger partial charge in [-0.3, -0.25) is 0 Å². The predicted octanol–water partition coefficient (Wildman–Crippen LogP) is 3.06. The molecular weight excluding hydrogens is 218 g/mol. The lowest BCUT2D eigenvalue weighted by Crippen LogP contribution is -2.31. The van der Waals surface area contributed by atoms with Gasteiger partial charge in [-0.15, -0.1) is 11.8 Å². The maximum atomic E-state index is 5.52. The van der Waals surface area contributed by atoms with Crippen molar-refractivity contribution in [2.75, 3.05) is 18.9 Å². The van der Waals surface area contributed by atoms with Crippen molar-refractivity contribution in [1.82, 2.24) is 5.32 Å². The normalized spacial score (nSPS) is 25.4. The Bertz CT molecular complexity index is 334. The molecule has 0 aliphatic carbocycles. The average molecular weight is 237 g/mol. The lowest BCUT2D eigenvalue weighted by Gasteiger charge is -2.27. The molecule has 1 N–H and O–H groups in total. The van der Waals surface area contributed by atoms with Crippen molar-refractivity contribution in [3.05, 3.63) is 29.8 Å². The largest absolute Gasteiger partial charge is 0.494 e. The first-order valence-electron chi connectivity index (χ1n) is 5.87. The van der Waals surface area contributed by atoms with Gasteiger partial charge in [-0.05, 0) is 42.8 Å². The van der Waals surface area contributed by atoms with Crippen LogP contribution >= 0.6 is 11.8 Å². The fraction of sp³-hybridized carbons (Fsp3) is 0.538. The zero-order valence-electron chi connectivity index (χ0n) is 9.90. The molecule has 2 unspecified atom stereocenters. The SMILES string of the molecule is CCOc1cccc(C2NCC(C)CS2)c1. The zero-order valence-corrected chi connectivity index (χ0v) is 10.7. The van der Waals surface area contributed by atoms with Gasteiger partial charge in [0, 0.05) is 0 Å². The molecule has 3 heteroatoms. The second kappa shape index (κ2) is 5.60. The number of rotatable bonds is 3. The number of ether oxygens (including phenoxy) is 1. The maximum absolute atomic E-state index is 5.52. The van der Waals surface area contributed by atoms with E-state index in [2.05, 4.69) is 30.4 Å². The van der Waals surface area contributed by atoms with Crippen LogP contribution in [0.15, 0.2) is 24.3 Å². The number of hydrogen-bond donors (Lipinski definition) is 1. The molecule has 1 aliphatic heterocycles. The van der Waals surface area contributed by atoms with Crippen molar-refractivity contribution in [3.8, 4) is 5.75 Å². The van der Waals surface area contributed by atoms with E-state index in [1.54, 1.807) is 0 Å². The van der Waals surface area contributed by atoms with Crippen LogP contribution in [0.1, 0.15) is 24.8 Å². The third kappa shape index (κ3) is 2.92. The Balaban J connectivity index is 2.05. The van der Waals surface area contributed by atoms with E-state index in [1.807, 2.05) is 24.8 Å². The molecule has 0 radical (unpaired) electrons. The quantitative estimate of drug-likeness (QED) is 0.873. The first-order chi connectivity index (χ1) is 7.79. The first kappa shape index (κ1) is 11.8. The molecule has 0 bridgehead atoms. The minimum absolute atomic E-state index is 0.427. The van der Waals surface area contributed by atoms with Gasteiger partial charge in [-0.1, -0.05) is 19.1 Å². The molecule has 0 spiro atoms. The van der Waals surface area contributed by atoms with Crippen molar-refractivity contribution < 1.29 is 4.74 Å². The van der Waals surface area contributed by atoms with Crippen LogP contribution < -0.4 is 10.1 Å². The van der Waals surface area contributed by atoms with E-state index in [1.165, 1.54) is 11.3 Å². The fourth-order valence-corrected chi connectivity index (χ4v) is 3.03. The Labute approximate surface area is 102 Å². The fourth-order valence-electron chi connectivity index (χ4n) is 1.83. The van der Waals surface area contributed by atoms with Gasteiger partial charge in [-0.2, -0.15) is 0 Å². The van der Waals surface area contributed by atoms with E-state index in [4.69, 9.17) is 4.74 Å². The summed E-state index contributed by atoms with van der Waals surface area (Å²) in [6.45, 7) is 6.14. The van der Waals surface area contributed by atoms with Gasteiger partial charge in [0.1, 0.15) is 5.75 Å². The molecule has 2 nitrogen and oxygen atoms in total. The Morgan fingerprint density at radius 2 is 2.38 bits per heavy atom. The lowest BCUT2D eigenvalue weighted by molar-refractivity contribution is 0.339. The molecule has 2 atom stereocenters. The molecule has 0 amide bonds. The van der Waals surface area contributed by atoms with Gasteiger partial charge in [0.15, 0.2) is 0 Å². The highest BCUT2D eigenvalue weighted by Gasteiger charge is 2.19. The number of nitrogens with one attached hydrogen (secondary N) is 1. The van der Waals surface area contributed by atoms with Gasteiger partial charge >= 0.3 is 0 Å². The minimum Gasteiger partial charge on any atom is -0.494 e. The molecule has 88 valence electrons. The monoisotopic (exact) mass is 237 g/mol. The molecule has 2 rings (SSSR count). The van der Waals surface area contributed by atoms with Crippen LogP contribution in [0.4, 0.5) is 0 Å². The van der Waals surface area contributed by atoms with Crippen LogP contribution in [-0.4, -0.2) is 18.9 Å². The van der Waals surface area contributed by atoms with E-state index >= 15 is 0 Å². The molecule has 1 aromatic rings. The Kier molecular flexibility index (Phi) is 4.13. The predicted molar refractivity (Wildman–Crippen MR) is 70.0 cm³/mol. The highest BCUT2D eigenvalue weighted by molar-refractivity contribution is 7.99. The summed E-state index contributed by atoms with van der Waals surface area (Å²) in [5.41, 5.74) is 1.32. The number of hydrogen-bond acceptors (Lipinski definition) is 3. The first-order valence-corrected chi connectivity index (χ1v) is 6.92. The summed E-state index contributed by atoms with van der Waals surface area (Å²) in [4.78, 5) is 0. The number of benzene rings is 1. The Morgan fingerprint density at radius 3 is 3.06 bits per heavy atom. The van der Waals surface area contributed by atoms with Crippen molar-refractivity contribution in [2.24, 2.45) is 5.92 Å². The van der Waals surface area contributed by atoms with Crippen molar-refractivity contribution in [1.29, 1.82) is 0 Å².